The molecule has 0 saturated heterocycles. The van der Waals surface area contributed by atoms with Crippen LogP contribution >= 0.6 is 11.6 Å². The molecule has 194 valence electrons. The molecule has 0 amide bonds. The summed E-state index contributed by atoms with van der Waals surface area (Å²) in [7, 11) is -4.50. The van der Waals surface area contributed by atoms with Gasteiger partial charge in [-0.15, -0.1) is 0 Å². The Morgan fingerprint density at radius 1 is 1.11 bits per heavy atom. The van der Waals surface area contributed by atoms with Gasteiger partial charge in [0.1, 0.15) is 10.0 Å². The van der Waals surface area contributed by atoms with Crippen molar-refractivity contribution >= 4 is 50.9 Å². The molecule has 3 aromatic carbocycles. The summed E-state index contributed by atoms with van der Waals surface area (Å²) in [5, 5.41) is 29.4. The van der Waals surface area contributed by atoms with Crippen molar-refractivity contribution in [3.8, 4) is 5.69 Å². The van der Waals surface area contributed by atoms with E-state index in [-0.39, 0.29) is 22.1 Å². The number of carboxylic acids is 1. The Morgan fingerprint density at radius 2 is 1.79 bits per heavy atom. The molecular formula is C24H19ClN6O6S. The van der Waals surface area contributed by atoms with Crippen molar-refractivity contribution in [1.82, 2.24) is 9.78 Å². The molecule has 0 unspecified atom stereocenters. The fourth-order valence-corrected chi connectivity index (χ4v) is 5.04. The summed E-state index contributed by atoms with van der Waals surface area (Å²) in [5.41, 5.74) is 3.21. The van der Waals surface area contributed by atoms with Crippen LogP contribution in [0.4, 0.5) is 17.1 Å². The van der Waals surface area contributed by atoms with E-state index in [1.165, 1.54) is 41.2 Å². The number of hydrazone groups is 1. The predicted molar refractivity (Wildman–Crippen MR) is 142 cm³/mol. The van der Waals surface area contributed by atoms with Crippen molar-refractivity contribution in [2.24, 2.45) is 5.10 Å². The summed E-state index contributed by atoms with van der Waals surface area (Å²) in [6.07, 6.45) is 1.34. The van der Waals surface area contributed by atoms with Crippen LogP contribution < -0.4 is 10.1 Å². The zero-order chi connectivity index (χ0) is 27.4. The first kappa shape index (κ1) is 26.3. The van der Waals surface area contributed by atoms with Gasteiger partial charge in [-0.25, -0.2) is 17.9 Å². The highest BCUT2D eigenvalue weighted by atomic mass is 35.5. The molecule has 1 heterocycles. The minimum Gasteiger partial charge on any atom is -0.478 e. The van der Waals surface area contributed by atoms with Crippen LogP contribution in [0, 0.1) is 17.0 Å². The molecule has 0 spiro atoms. The first-order chi connectivity index (χ1) is 18.1. The highest BCUT2D eigenvalue weighted by Gasteiger charge is 2.24. The molecule has 0 atom stereocenters. The van der Waals surface area contributed by atoms with Crippen molar-refractivity contribution in [2.45, 2.75) is 11.8 Å². The number of benzene rings is 3. The lowest BCUT2D eigenvalue weighted by molar-refractivity contribution is -0.385. The number of nitro groups is 1. The van der Waals surface area contributed by atoms with Crippen molar-refractivity contribution in [3.63, 3.8) is 0 Å². The second kappa shape index (κ2) is 10.7. The standard InChI is InChI=1S/C24H19ClN6O6S/c1-15-19(23(25)30(28-15)16-7-3-2-4-8-16)14-26-27-21-12-11-17(31(34)35)13-22(21)38(36,37)29-20-10-6-5-9-18(20)24(32)33/h2-14,27,29H,1H3,(H,32,33)/b26-14+. The van der Waals surface area contributed by atoms with Gasteiger partial charge in [-0.05, 0) is 37.3 Å². The van der Waals surface area contributed by atoms with Gasteiger partial charge in [0, 0.05) is 12.1 Å². The average Bonchev–Trinajstić information content (AvgIpc) is 3.17. The van der Waals surface area contributed by atoms with E-state index in [9.17, 15) is 28.4 Å². The first-order valence-corrected chi connectivity index (χ1v) is 12.7. The molecule has 0 saturated carbocycles. The number of halogens is 1. The Labute approximate surface area is 221 Å². The zero-order valence-corrected chi connectivity index (χ0v) is 21.1. The average molecular weight is 555 g/mol. The van der Waals surface area contributed by atoms with E-state index in [4.69, 9.17) is 11.6 Å². The van der Waals surface area contributed by atoms with Crippen LogP contribution in [0.1, 0.15) is 21.6 Å². The highest BCUT2D eigenvalue weighted by Crippen LogP contribution is 2.29. The first-order valence-electron chi connectivity index (χ1n) is 10.8. The number of rotatable bonds is 9. The highest BCUT2D eigenvalue weighted by molar-refractivity contribution is 7.93. The number of carboxylic acid groups (broad SMARTS) is 1. The minimum atomic E-state index is -4.50. The second-order valence-electron chi connectivity index (χ2n) is 7.80. The molecule has 0 bridgehead atoms. The Balaban J connectivity index is 1.68. The fourth-order valence-electron chi connectivity index (χ4n) is 3.46. The normalized spacial score (nSPS) is 11.4. The SMILES string of the molecule is Cc1nn(-c2ccccc2)c(Cl)c1/C=N/Nc1ccc([N+](=O)[O-])cc1S(=O)(=O)Nc1ccccc1C(=O)O. The van der Waals surface area contributed by atoms with E-state index in [0.29, 0.717) is 11.3 Å². The number of nitro benzene ring substituents is 1. The molecule has 0 aliphatic heterocycles. The molecule has 1 aromatic heterocycles. The number of nitrogens with zero attached hydrogens (tertiary/aromatic N) is 4. The summed E-state index contributed by atoms with van der Waals surface area (Å²) in [5.74, 6) is -1.35. The van der Waals surface area contributed by atoms with Crippen LogP contribution in [0.25, 0.3) is 5.69 Å². The molecule has 0 aliphatic rings. The molecule has 0 radical (unpaired) electrons. The van der Waals surface area contributed by atoms with Crippen LogP contribution in [0.5, 0.6) is 0 Å². The maximum absolute atomic E-state index is 13.2. The van der Waals surface area contributed by atoms with Gasteiger partial charge < -0.3 is 5.11 Å². The van der Waals surface area contributed by atoms with Crippen LogP contribution in [-0.4, -0.2) is 40.4 Å². The van der Waals surface area contributed by atoms with E-state index < -0.39 is 31.5 Å². The third-order valence-electron chi connectivity index (χ3n) is 5.29. The lowest BCUT2D eigenvalue weighted by Gasteiger charge is -2.13. The van der Waals surface area contributed by atoms with Gasteiger partial charge in [-0.1, -0.05) is 41.9 Å². The summed E-state index contributed by atoms with van der Waals surface area (Å²) in [6, 6.07) is 17.6. The monoisotopic (exact) mass is 554 g/mol. The number of non-ortho nitro benzene ring substituents is 1. The number of aromatic carboxylic acids is 1. The lowest BCUT2D eigenvalue weighted by Crippen LogP contribution is -2.17. The zero-order valence-electron chi connectivity index (χ0n) is 19.6. The number of anilines is 2. The van der Waals surface area contributed by atoms with Gasteiger partial charge in [-0.3, -0.25) is 20.3 Å². The summed E-state index contributed by atoms with van der Waals surface area (Å²) in [4.78, 5) is 21.6. The quantitative estimate of drug-likeness (QED) is 0.152. The molecule has 14 heteroatoms. The summed E-state index contributed by atoms with van der Waals surface area (Å²) in [6.45, 7) is 1.72. The van der Waals surface area contributed by atoms with Crippen molar-refractivity contribution in [2.75, 3.05) is 10.1 Å². The van der Waals surface area contributed by atoms with Gasteiger partial charge in [0.15, 0.2) is 0 Å². The van der Waals surface area contributed by atoms with Gasteiger partial charge in [0.25, 0.3) is 15.7 Å². The summed E-state index contributed by atoms with van der Waals surface area (Å²) < 4.78 is 30.1. The number of carbonyl (C=O) groups is 1. The minimum absolute atomic E-state index is 0.101. The predicted octanol–water partition coefficient (Wildman–Crippen LogP) is 4.69. The van der Waals surface area contributed by atoms with Gasteiger partial charge in [0.05, 0.1) is 45.0 Å². The number of aryl methyl sites for hydroxylation is 1. The number of hydrogen-bond acceptors (Lipinski definition) is 8. The lowest BCUT2D eigenvalue weighted by atomic mass is 10.2. The molecule has 3 N–H and O–H groups in total. The van der Waals surface area contributed by atoms with Crippen LogP contribution in [-0.2, 0) is 10.0 Å². The Morgan fingerprint density at radius 3 is 2.47 bits per heavy atom. The largest absolute Gasteiger partial charge is 0.478 e. The topological polar surface area (TPSA) is 169 Å². The van der Waals surface area contributed by atoms with Crippen LogP contribution in [0.15, 0.2) is 82.8 Å². The third kappa shape index (κ3) is 5.48. The van der Waals surface area contributed by atoms with Gasteiger partial charge in [-0.2, -0.15) is 10.2 Å². The molecule has 4 aromatic rings. The molecule has 38 heavy (non-hydrogen) atoms. The van der Waals surface area contributed by atoms with E-state index in [0.717, 1.165) is 17.8 Å². The number of sulfonamides is 1. The molecule has 12 nitrogen and oxygen atoms in total. The second-order valence-corrected chi connectivity index (χ2v) is 9.81. The van der Waals surface area contributed by atoms with Gasteiger partial charge in [0.2, 0.25) is 0 Å². The number of aromatic nitrogens is 2. The molecule has 0 fully saturated rings. The van der Waals surface area contributed by atoms with E-state index in [1.54, 1.807) is 6.92 Å². The van der Waals surface area contributed by atoms with E-state index in [1.807, 2.05) is 30.3 Å². The number of hydrogen-bond donors (Lipinski definition) is 3. The van der Waals surface area contributed by atoms with Crippen molar-refractivity contribution in [3.05, 3.63) is 105 Å². The van der Waals surface area contributed by atoms with Crippen LogP contribution in [0.3, 0.4) is 0 Å². The number of nitrogens with one attached hydrogen (secondary N) is 2. The Kier molecular flexibility index (Phi) is 7.41. The van der Waals surface area contributed by atoms with Crippen molar-refractivity contribution in [1.29, 1.82) is 0 Å². The van der Waals surface area contributed by atoms with Crippen molar-refractivity contribution < 1.29 is 23.2 Å². The Hall–Kier alpha value is -4.75. The fraction of sp³-hybridized carbons (Fsp3) is 0.0417. The third-order valence-corrected chi connectivity index (χ3v) is 7.06. The Bertz CT molecular complexity index is 1670. The summed E-state index contributed by atoms with van der Waals surface area (Å²) >= 11 is 6.49. The molecule has 0 aliphatic carbocycles. The smallest absolute Gasteiger partial charge is 0.337 e. The molecular weight excluding hydrogens is 536 g/mol. The molecule has 4 rings (SSSR count). The maximum Gasteiger partial charge on any atom is 0.337 e. The van der Waals surface area contributed by atoms with Crippen LogP contribution in [0.2, 0.25) is 5.15 Å². The maximum atomic E-state index is 13.2. The van der Waals surface area contributed by atoms with E-state index in [2.05, 4.69) is 20.3 Å². The van der Waals surface area contributed by atoms with Gasteiger partial charge >= 0.3 is 5.97 Å². The number of para-hydroxylation sites is 2. The van der Waals surface area contributed by atoms with E-state index >= 15 is 0 Å².